The number of piperazine rings is 1. The van der Waals surface area contributed by atoms with Gasteiger partial charge in [0, 0.05) is 36.9 Å². The molecule has 35 heavy (non-hydrogen) atoms. The van der Waals surface area contributed by atoms with E-state index in [9.17, 15) is 13.2 Å². The molecule has 3 aromatic carbocycles. The molecule has 0 bridgehead atoms. The Bertz CT molecular complexity index is 1320. The lowest BCUT2D eigenvalue weighted by Crippen LogP contribution is -2.52. The Morgan fingerprint density at radius 1 is 0.914 bits per heavy atom. The molecule has 1 aliphatic rings. The fourth-order valence-corrected chi connectivity index (χ4v) is 6.08. The van der Waals surface area contributed by atoms with E-state index in [1.54, 1.807) is 29.2 Å². The highest BCUT2D eigenvalue weighted by molar-refractivity contribution is 7.92. The van der Waals surface area contributed by atoms with Gasteiger partial charge in [-0.1, -0.05) is 53.5 Å². The number of amides is 1. The van der Waals surface area contributed by atoms with Gasteiger partial charge in [-0.05, 0) is 61.4 Å². The highest BCUT2D eigenvalue weighted by Crippen LogP contribution is 2.33. The second kappa shape index (κ2) is 10.5. The minimum absolute atomic E-state index is 0.0728. The van der Waals surface area contributed by atoms with E-state index in [-0.39, 0.29) is 28.1 Å². The van der Waals surface area contributed by atoms with E-state index in [2.05, 4.69) is 30.9 Å². The van der Waals surface area contributed by atoms with Crippen LogP contribution in [-0.2, 0) is 14.8 Å². The molecule has 1 aliphatic heterocycles. The molecular weight excluding hydrogens is 505 g/mol. The highest BCUT2D eigenvalue weighted by Gasteiger charge is 2.31. The van der Waals surface area contributed by atoms with Crippen molar-refractivity contribution in [3.05, 3.63) is 87.9 Å². The van der Waals surface area contributed by atoms with Crippen molar-refractivity contribution in [2.75, 3.05) is 41.9 Å². The average Bonchev–Trinajstić information content (AvgIpc) is 2.86. The number of hydrogen-bond donors (Lipinski definition) is 0. The summed E-state index contributed by atoms with van der Waals surface area (Å²) < 4.78 is 28.2. The predicted octanol–water partition coefficient (Wildman–Crippen LogP) is 5.15. The van der Waals surface area contributed by atoms with Crippen LogP contribution >= 0.6 is 23.2 Å². The van der Waals surface area contributed by atoms with Crippen LogP contribution in [0.1, 0.15) is 11.1 Å². The van der Waals surface area contributed by atoms with E-state index in [1.807, 2.05) is 6.07 Å². The lowest BCUT2D eigenvalue weighted by Gasteiger charge is -2.38. The first-order chi connectivity index (χ1) is 16.7. The Labute approximate surface area is 216 Å². The van der Waals surface area contributed by atoms with Gasteiger partial charge in [0.05, 0.1) is 15.6 Å². The zero-order valence-corrected chi connectivity index (χ0v) is 21.9. The molecule has 1 heterocycles. The number of hydrogen-bond acceptors (Lipinski definition) is 4. The van der Waals surface area contributed by atoms with Crippen molar-refractivity contribution in [2.24, 2.45) is 0 Å². The molecule has 0 spiro atoms. The third-order valence-electron chi connectivity index (χ3n) is 6.34. The van der Waals surface area contributed by atoms with E-state index in [0.717, 1.165) is 9.99 Å². The first kappa shape index (κ1) is 25.4. The SMILES string of the molecule is Cc1cccc(N2CCN(C(=O)CN(c3cc(Cl)ccc3Cl)S(=O)(=O)c3ccccc3)CC2)c1C. The smallest absolute Gasteiger partial charge is 0.264 e. The van der Waals surface area contributed by atoms with E-state index >= 15 is 0 Å². The summed E-state index contributed by atoms with van der Waals surface area (Å²) >= 11 is 12.5. The van der Waals surface area contributed by atoms with Crippen molar-refractivity contribution in [1.29, 1.82) is 0 Å². The molecule has 0 unspecified atom stereocenters. The van der Waals surface area contributed by atoms with Gasteiger partial charge >= 0.3 is 0 Å². The topological polar surface area (TPSA) is 60.9 Å². The molecule has 4 rings (SSSR count). The normalized spacial score (nSPS) is 14.2. The lowest BCUT2D eigenvalue weighted by molar-refractivity contribution is -0.129. The summed E-state index contributed by atoms with van der Waals surface area (Å²) in [5.41, 5.74) is 3.78. The molecule has 6 nitrogen and oxygen atoms in total. The largest absolute Gasteiger partial charge is 0.368 e. The summed E-state index contributed by atoms with van der Waals surface area (Å²) in [5, 5.41) is 0.522. The van der Waals surface area contributed by atoms with Crippen LogP contribution in [0.2, 0.25) is 10.0 Å². The van der Waals surface area contributed by atoms with Crippen LogP contribution in [0.25, 0.3) is 0 Å². The van der Waals surface area contributed by atoms with Gasteiger partial charge in [0.15, 0.2) is 0 Å². The fourth-order valence-electron chi connectivity index (χ4n) is 4.19. The van der Waals surface area contributed by atoms with Gasteiger partial charge in [-0.2, -0.15) is 0 Å². The quantitative estimate of drug-likeness (QED) is 0.441. The first-order valence-corrected chi connectivity index (χ1v) is 13.5. The first-order valence-electron chi connectivity index (χ1n) is 11.3. The molecule has 0 radical (unpaired) electrons. The highest BCUT2D eigenvalue weighted by atomic mass is 35.5. The number of rotatable bonds is 6. The Morgan fingerprint density at radius 3 is 2.29 bits per heavy atom. The molecule has 0 atom stereocenters. The number of carbonyl (C=O) groups is 1. The third kappa shape index (κ3) is 5.42. The molecule has 1 saturated heterocycles. The predicted molar refractivity (Wildman–Crippen MR) is 142 cm³/mol. The van der Waals surface area contributed by atoms with Gasteiger partial charge in [-0.15, -0.1) is 0 Å². The molecule has 9 heteroatoms. The van der Waals surface area contributed by atoms with Crippen molar-refractivity contribution in [3.63, 3.8) is 0 Å². The van der Waals surface area contributed by atoms with E-state index in [1.165, 1.54) is 35.4 Å². The summed E-state index contributed by atoms with van der Waals surface area (Å²) in [5.74, 6) is -0.291. The monoisotopic (exact) mass is 531 g/mol. The maximum atomic E-state index is 13.6. The van der Waals surface area contributed by atoms with Crippen molar-refractivity contribution < 1.29 is 13.2 Å². The maximum absolute atomic E-state index is 13.6. The Morgan fingerprint density at radius 2 is 1.60 bits per heavy atom. The third-order valence-corrected chi connectivity index (χ3v) is 8.66. The molecule has 0 aromatic heterocycles. The molecule has 1 amide bonds. The zero-order chi connectivity index (χ0) is 25.2. The number of sulfonamides is 1. The maximum Gasteiger partial charge on any atom is 0.264 e. The van der Waals surface area contributed by atoms with E-state index < -0.39 is 10.0 Å². The summed E-state index contributed by atoms with van der Waals surface area (Å²) in [6, 6.07) is 18.8. The number of carbonyl (C=O) groups excluding carboxylic acids is 1. The van der Waals surface area contributed by atoms with Crippen LogP contribution in [0.4, 0.5) is 11.4 Å². The molecule has 184 valence electrons. The minimum Gasteiger partial charge on any atom is -0.368 e. The molecule has 0 N–H and O–H groups in total. The Hall–Kier alpha value is -2.74. The van der Waals surface area contributed by atoms with Crippen LogP contribution in [0, 0.1) is 13.8 Å². The van der Waals surface area contributed by atoms with Crippen LogP contribution in [-0.4, -0.2) is 51.9 Å². The number of halogens is 2. The van der Waals surface area contributed by atoms with Crippen molar-refractivity contribution in [1.82, 2.24) is 4.90 Å². The van der Waals surface area contributed by atoms with Gasteiger partial charge in [-0.25, -0.2) is 8.42 Å². The number of nitrogens with zero attached hydrogens (tertiary/aromatic N) is 3. The van der Waals surface area contributed by atoms with Gasteiger partial charge in [-0.3, -0.25) is 9.10 Å². The molecule has 0 saturated carbocycles. The summed E-state index contributed by atoms with van der Waals surface area (Å²) in [6.45, 7) is 6.13. The Kier molecular flexibility index (Phi) is 7.59. The van der Waals surface area contributed by atoms with Crippen molar-refractivity contribution in [2.45, 2.75) is 18.7 Å². The number of anilines is 2. The summed E-state index contributed by atoms with van der Waals surface area (Å²) in [4.78, 5) is 17.4. The van der Waals surface area contributed by atoms with E-state index in [0.29, 0.717) is 31.2 Å². The van der Waals surface area contributed by atoms with Crippen LogP contribution < -0.4 is 9.21 Å². The van der Waals surface area contributed by atoms with Gasteiger partial charge < -0.3 is 9.80 Å². The second-order valence-corrected chi connectivity index (χ2v) is 11.2. The van der Waals surface area contributed by atoms with E-state index in [4.69, 9.17) is 23.2 Å². The van der Waals surface area contributed by atoms with Gasteiger partial charge in [0.1, 0.15) is 6.54 Å². The van der Waals surface area contributed by atoms with Gasteiger partial charge in [0.2, 0.25) is 5.91 Å². The minimum atomic E-state index is -4.06. The molecular formula is C26H27Cl2N3O3S. The fraction of sp³-hybridized carbons (Fsp3) is 0.269. The van der Waals surface area contributed by atoms with Crippen LogP contribution in [0.5, 0.6) is 0 Å². The Balaban J connectivity index is 1.57. The van der Waals surface area contributed by atoms with Crippen molar-refractivity contribution in [3.8, 4) is 0 Å². The van der Waals surface area contributed by atoms with Crippen LogP contribution in [0.3, 0.4) is 0 Å². The average molecular weight is 532 g/mol. The zero-order valence-electron chi connectivity index (χ0n) is 19.6. The lowest BCUT2D eigenvalue weighted by atomic mass is 10.1. The molecule has 3 aromatic rings. The van der Waals surface area contributed by atoms with Gasteiger partial charge in [0.25, 0.3) is 10.0 Å². The molecule has 1 fully saturated rings. The van der Waals surface area contributed by atoms with Crippen molar-refractivity contribution >= 4 is 50.5 Å². The second-order valence-electron chi connectivity index (χ2n) is 8.51. The van der Waals surface area contributed by atoms with Crippen LogP contribution in [0.15, 0.2) is 71.6 Å². The summed E-state index contributed by atoms with van der Waals surface area (Å²) in [6.07, 6.45) is 0. The number of benzene rings is 3. The molecule has 0 aliphatic carbocycles. The standard InChI is InChI=1S/C26H27Cl2N3O3S/c1-19-7-6-10-24(20(19)2)29-13-15-30(16-14-29)26(32)18-31(25-17-21(27)11-12-23(25)28)35(33,34)22-8-4-3-5-9-22/h3-12,17H,13-16,18H2,1-2H3. The number of aryl methyl sites for hydroxylation is 1. The summed E-state index contributed by atoms with van der Waals surface area (Å²) in [7, 11) is -4.06.